The summed E-state index contributed by atoms with van der Waals surface area (Å²) >= 11 is 0. The standard InChI is InChI=1S/C20H20/c1-15-12-13-18-10-6-7-11-19(18)20(15)14-16(2)17-8-4-3-5-9-17/h3-11,14H,12-13H2,1-2H3/b16-14+. The Bertz CT molecular complexity index is 672. The van der Waals surface area contributed by atoms with Gasteiger partial charge in [0, 0.05) is 0 Å². The molecule has 0 aromatic heterocycles. The highest BCUT2D eigenvalue weighted by atomic mass is 14.2. The number of hydrogen-bond donors (Lipinski definition) is 0. The first-order valence-electron chi connectivity index (χ1n) is 7.27. The molecule has 0 saturated heterocycles. The highest BCUT2D eigenvalue weighted by Crippen LogP contribution is 2.33. The molecule has 0 bridgehead atoms. The second-order valence-electron chi connectivity index (χ2n) is 5.54. The molecule has 0 radical (unpaired) electrons. The molecule has 0 heterocycles. The predicted octanol–water partition coefficient (Wildman–Crippen LogP) is 5.51. The number of benzene rings is 2. The molecule has 0 atom stereocenters. The van der Waals surface area contributed by atoms with Crippen LogP contribution in [-0.2, 0) is 6.42 Å². The van der Waals surface area contributed by atoms with E-state index in [1.54, 1.807) is 0 Å². The molecule has 3 rings (SSSR count). The quantitative estimate of drug-likeness (QED) is 0.668. The molecule has 0 saturated carbocycles. The van der Waals surface area contributed by atoms with Crippen LogP contribution in [0.5, 0.6) is 0 Å². The Kier molecular flexibility index (Phi) is 3.56. The monoisotopic (exact) mass is 260 g/mol. The van der Waals surface area contributed by atoms with Crippen LogP contribution in [0.4, 0.5) is 0 Å². The van der Waals surface area contributed by atoms with Crippen molar-refractivity contribution in [3.63, 3.8) is 0 Å². The Morgan fingerprint density at radius 2 is 1.60 bits per heavy atom. The summed E-state index contributed by atoms with van der Waals surface area (Å²) in [6.45, 7) is 4.47. The highest BCUT2D eigenvalue weighted by Gasteiger charge is 2.14. The summed E-state index contributed by atoms with van der Waals surface area (Å²) < 4.78 is 0. The minimum Gasteiger partial charge on any atom is -0.0651 e. The average Bonchev–Trinajstić information content (AvgIpc) is 2.51. The molecule has 1 aliphatic carbocycles. The number of aryl methyl sites for hydroxylation is 1. The summed E-state index contributed by atoms with van der Waals surface area (Å²) in [6, 6.07) is 19.4. The van der Waals surface area contributed by atoms with E-state index in [2.05, 4.69) is 74.5 Å². The Hall–Kier alpha value is -2.08. The summed E-state index contributed by atoms with van der Waals surface area (Å²) in [6.07, 6.45) is 4.69. The van der Waals surface area contributed by atoms with E-state index in [9.17, 15) is 0 Å². The summed E-state index contributed by atoms with van der Waals surface area (Å²) in [5, 5.41) is 0. The first-order valence-corrected chi connectivity index (χ1v) is 7.27. The number of rotatable bonds is 2. The zero-order valence-corrected chi connectivity index (χ0v) is 12.2. The van der Waals surface area contributed by atoms with Crippen molar-refractivity contribution in [1.82, 2.24) is 0 Å². The molecule has 0 spiro atoms. The first kappa shape index (κ1) is 12.9. The van der Waals surface area contributed by atoms with Gasteiger partial charge in [-0.05, 0) is 54.5 Å². The molecular formula is C20H20. The smallest absolute Gasteiger partial charge is 0.0152 e. The average molecular weight is 260 g/mol. The van der Waals surface area contributed by atoms with E-state index < -0.39 is 0 Å². The first-order chi connectivity index (χ1) is 9.75. The predicted molar refractivity (Wildman–Crippen MR) is 87.5 cm³/mol. The van der Waals surface area contributed by atoms with Gasteiger partial charge in [-0.1, -0.05) is 66.2 Å². The van der Waals surface area contributed by atoms with Crippen LogP contribution in [0.1, 0.15) is 37.0 Å². The summed E-state index contributed by atoms with van der Waals surface area (Å²) in [5.74, 6) is 0. The molecule has 2 aromatic carbocycles. The molecular weight excluding hydrogens is 240 g/mol. The summed E-state index contributed by atoms with van der Waals surface area (Å²) in [5.41, 5.74) is 8.43. The van der Waals surface area contributed by atoms with E-state index >= 15 is 0 Å². The van der Waals surface area contributed by atoms with Gasteiger partial charge in [-0.25, -0.2) is 0 Å². The van der Waals surface area contributed by atoms with Crippen LogP contribution in [0.25, 0.3) is 11.1 Å². The topological polar surface area (TPSA) is 0 Å². The molecule has 0 unspecified atom stereocenters. The lowest BCUT2D eigenvalue weighted by Gasteiger charge is -2.20. The fraction of sp³-hybridized carbons (Fsp3) is 0.200. The van der Waals surface area contributed by atoms with Crippen LogP contribution >= 0.6 is 0 Å². The highest BCUT2D eigenvalue weighted by molar-refractivity contribution is 5.86. The van der Waals surface area contributed by atoms with Crippen molar-refractivity contribution in [2.75, 3.05) is 0 Å². The van der Waals surface area contributed by atoms with E-state index in [0.29, 0.717) is 0 Å². The van der Waals surface area contributed by atoms with Crippen LogP contribution in [0.2, 0.25) is 0 Å². The maximum atomic E-state index is 2.35. The number of hydrogen-bond acceptors (Lipinski definition) is 0. The van der Waals surface area contributed by atoms with Gasteiger partial charge in [0.1, 0.15) is 0 Å². The molecule has 0 heteroatoms. The van der Waals surface area contributed by atoms with E-state index in [0.717, 1.165) is 0 Å². The van der Waals surface area contributed by atoms with Gasteiger partial charge in [-0.15, -0.1) is 0 Å². The van der Waals surface area contributed by atoms with Crippen molar-refractivity contribution in [3.05, 3.63) is 82.9 Å². The fourth-order valence-electron chi connectivity index (χ4n) is 2.89. The lowest BCUT2D eigenvalue weighted by molar-refractivity contribution is 0.920. The zero-order chi connectivity index (χ0) is 13.9. The molecule has 2 aromatic rings. The van der Waals surface area contributed by atoms with Crippen LogP contribution < -0.4 is 0 Å². The molecule has 0 fully saturated rings. The van der Waals surface area contributed by atoms with Gasteiger partial charge in [0.25, 0.3) is 0 Å². The third-order valence-electron chi connectivity index (χ3n) is 4.13. The normalized spacial score (nSPS) is 15.2. The van der Waals surface area contributed by atoms with Crippen molar-refractivity contribution in [1.29, 1.82) is 0 Å². The van der Waals surface area contributed by atoms with Crippen LogP contribution in [0, 0.1) is 0 Å². The summed E-state index contributed by atoms with van der Waals surface area (Å²) in [7, 11) is 0. The molecule has 100 valence electrons. The molecule has 0 aliphatic heterocycles. The van der Waals surface area contributed by atoms with Crippen molar-refractivity contribution in [3.8, 4) is 0 Å². The fourth-order valence-corrected chi connectivity index (χ4v) is 2.89. The Morgan fingerprint density at radius 3 is 2.40 bits per heavy atom. The van der Waals surface area contributed by atoms with Crippen molar-refractivity contribution >= 4 is 11.1 Å². The van der Waals surface area contributed by atoms with Crippen LogP contribution in [0.3, 0.4) is 0 Å². The Balaban J connectivity index is 2.05. The lowest BCUT2D eigenvalue weighted by atomic mass is 9.85. The van der Waals surface area contributed by atoms with Gasteiger partial charge in [0.15, 0.2) is 0 Å². The molecule has 20 heavy (non-hydrogen) atoms. The van der Waals surface area contributed by atoms with Gasteiger partial charge in [0.2, 0.25) is 0 Å². The van der Waals surface area contributed by atoms with Crippen LogP contribution in [0.15, 0.2) is 66.2 Å². The minimum atomic E-state index is 1.17. The maximum Gasteiger partial charge on any atom is -0.0152 e. The Morgan fingerprint density at radius 1 is 0.900 bits per heavy atom. The van der Waals surface area contributed by atoms with Gasteiger partial charge in [-0.3, -0.25) is 0 Å². The van der Waals surface area contributed by atoms with Gasteiger partial charge in [0.05, 0.1) is 0 Å². The summed E-state index contributed by atoms with van der Waals surface area (Å²) in [4.78, 5) is 0. The SMILES string of the molecule is CC1=C(/C=C(\C)c2ccccc2)c2ccccc2CC1. The van der Waals surface area contributed by atoms with Gasteiger partial charge < -0.3 is 0 Å². The largest absolute Gasteiger partial charge is 0.0651 e. The third-order valence-corrected chi connectivity index (χ3v) is 4.13. The maximum absolute atomic E-state index is 2.35. The molecule has 1 aliphatic rings. The van der Waals surface area contributed by atoms with E-state index in [4.69, 9.17) is 0 Å². The van der Waals surface area contributed by atoms with Gasteiger partial charge in [-0.2, -0.15) is 0 Å². The van der Waals surface area contributed by atoms with Crippen LogP contribution in [-0.4, -0.2) is 0 Å². The third kappa shape index (κ3) is 2.46. The lowest BCUT2D eigenvalue weighted by Crippen LogP contribution is -2.02. The van der Waals surface area contributed by atoms with Crippen molar-refractivity contribution in [2.45, 2.75) is 26.7 Å². The van der Waals surface area contributed by atoms with Crippen molar-refractivity contribution in [2.24, 2.45) is 0 Å². The van der Waals surface area contributed by atoms with E-state index in [1.807, 2.05) is 0 Å². The van der Waals surface area contributed by atoms with Crippen molar-refractivity contribution < 1.29 is 0 Å². The second kappa shape index (κ2) is 5.50. The number of fused-ring (bicyclic) bond motifs is 1. The number of allylic oxidation sites excluding steroid dienone is 4. The molecule has 0 amide bonds. The molecule has 0 N–H and O–H groups in total. The molecule has 0 nitrogen and oxygen atoms in total. The zero-order valence-electron chi connectivity index (χ0n) is 12.2. The van der Waals surface area contributed by atoms with E-state index in [1.165, 1.54) is 46.3 Å². The minimum absolute atomic E-state index is 1.17. The Labute approximate surface area is 121 Å². The second-order valence-corrected chi connectivity index (χ2v) is 5.54. The van der Waals surface area contributed by atoms with E-state index in [-0.39, 0.29) is 0 Å². The van der Waals surface area contributed by atoms with Gasteiger partial charge >= 0.3 is 0 Å².